The number of likely N-dealkylation sites (N-methyl/N-ethyl adjacent to an activating group) is 1. The second-order valence-corrected chi connectivity index (χ2v) is 7.26. The van der Waals surface area contributed by atoms with Crippen LogP contribution in [-0.4, -0.2) is 49.9 Å². The molecule has 1 aliphatic rings. The van der Waals surface area contributed by atoms with E-state index in [4.69, 9.17) is 5.73 Å². The van der Waals surface area contributed by atoms with E-state index in [9.17, 15) is 9.90 Å². The lowest BCUT2D eigenvalue weighted by molar-refractivity contribution is 0.0996. The number of rotatable bonds is 2. The molecule has 8 heteroatoms. The number of nitrogens with two attached hydrogens (primary N) is 1. The van der Waals surface area contributed by atoms with E-state index in [-0.39, 0.29) is 5.69 Å². The minimum absolute atomic E-state index is 0.198. The molecule has 1 saturated heterocycles. The van der Waals surface area contributed by atoms with Crippen LogP contribution in [0, 0.1) is 11.8 Å². The van der Waals surface area contributed by atoms with Gasteiger partial charge in [-0.05, 0) is 18.2 Å². The van der Waals surface area contributed by atoms with Crippen molar-refractivity contribution in [2.24, 2.45) is 5.73 Å². The van der Waals surface area contributed by atoms with Crippen molar-refractivity contribution in [2.45, 2.75) is 12.0 Å². The minimum Gasteiger partial charge on any atom is -0.375 e. The fourth-order valence-electron chi connectivity index (χ4n) is 3.04. The number of hydrogen-bond acceptors (Lipinski definition) is 6. The Morgan fingerprint density at radius 3 is 3.00 bits per heavy atom. The summed E-state index contributed by atoms with van der Waals surface area (Å²) in [6.07, 6.45) is 0.523. The summed E-state index contributed by atoms with van der Waals surface area (Å²) in [6, 6.07) is 7.36. The SMILES string of the molecule is C=C1N(C)CC[C@@]1(O)C#Cc1cccc(-n2nc(C(N)=O)c3scnc32)c1. The Balaban J connectivity index is 1.73. The zero-order valence-corrected chi connectivity index (χ0v) is 15.5. The first-order chi connectivity index (χ1) is 12.9. The van der Waals surface area contributed by atoms with Gasteiger partial charge in [0.25, 0.3) is 5.91 Å². The number of aromatic nitrogens is 3. The van der Waals surface area contributed by atoms with Crippen molar-refractivity contribution in [1.82, 2.24) is 19.7 Å². The molecule has 1 amide bonds. The predicted molar refractivity (Wildman–Crippen MR) is 103 cm³/mol. The Hall–Kier alpha value is -3.15. The molecule has 3 N–H and O–H groups in total. The third kappa shape index (κ3) is 2.87. The van der Waals surface area contributed by atoms with Crippen molar-refractivity contribution >= 4 is 27.6 Å². The zero-order valence-electron chi connectivity index (χ0n) is 14.6. The van der Waals surface area contributed by atoms with Crippen molar-refractivity contribution in [2.75, 3.05) is 13.6 Å². The Bertz CT molecular complexity index is 1140. The van der Waals surface area contributed by atoms with Gasteiger partial charge in [-0.15, -0.1) is 11.3 Å². The maximum absolute atomic E-state index is 11.6. The number of fused-ring (bicyclic) bond motifs is 1. The largest absolute Gasteiger partial charge is 0.375 e. The number of carbonyl (C=O) groups excluding carboxylic acids is 1. The van der Waals surface area contributed by atoms with Gasteiger partial charge in [0, 0.05) is 25.6 Å². The summed E-state index contributed by atoms with van der Waals surface area (Å²) in [5.41, 5.74) is 8.65. The molecule has 0 unspecified atom stereocenters. The predicted octanol–water partition coefficient (Wildman–Crippen LogP) is 1.51. The second kappa shape index (κ2) is 6.23. The van der Waals surface area contributed by atoms with Crippen molar-refractivity contribution in [3.8, 4) is 17.5 Å². The highest BCUT2D eigenvalue weighted by Crippen LogP contribution is 2.29. The molecule has 1 aliphatic heterocycles. The van der Waals surface area contributed by atoms with Gasteiger partial charge in [-0.25, -0.2) is 9.67 Å². The molecule has 27 heavy (non-hydrogen) atoms. The Morgan fingerprint density at radius 2 is 2.30 bits per heavy atom. The smallest absolute Gasteiger partial charge is 0.270 e. The summed E-state index contributed by atoms with van der Waals surface area (Å²) < 4.78 is 2.23. The van der Waals surface area contributed by atoms with E-state index in [0.717, 1.165) is 6.54 Å². The number of thiazole rings is 1. The van der Waals surface area contributed by atoms with Gasteiger partial charge in [0.1, 0.15) is 4.70 Å². The van der Waals surface area contributed by atoms with Gasteiger partial charge >= 0.3 is 0 Å². The highest BCUT2D eigenvalue weighted by molar-refractivity contribution is 7.17. The maximum atomic E-state index is 11.6. The van der Waals surface area contributed by atoms with E-state index in [1.807, 2.05) is 36.2 Å². The molecule has 7 nitrogen and oxygen atoms in total. The van der Waals surface area contributed by atoms with E-state index in [0.29, 0.717) is 33.7 Å². The van der Waals surface area contributed by atoms with Crippen LogP contribution in [0.4, 0.5) is 0 Å². The molecule has 3 heterocycles. The van der Waals surface area contributed by atoms with Gasteiger partial charge in [0.2, 0.25) is 0 Å². The van der Waals surface area contributed by atoms with Gasteiger partial charge in [-0.3, -0.25) is 4.79 Å². The first-order valence-corrected chi connectivity index (χ1v) is 9.15. The standard InChI is InChI=1S/C19H17N5O2S/c1-12-19(26,8-9-23(12)2)7-6-13-4-3-5-14(10-13)24-18-16(27-11-21-18)15(22-24)17(20)25/h3-5,10-11,26H,1,8-9H2,2H3,(H2,20,25)/t19-/m0/s1. The molecular weight excluding hydrogens is 362 g/mol. The number of likely N-dealkylation sites (tertiary alicyclic amines) is 1. The van der Waals surface area contributed by atoms with Gasteiger partial charge in [-0.1, -0.05) is 24.5 Å². The van der Waals surface area contributed by atoms with Crippen molar-refractivity contribution < 1.29 is 9.90 Å². The maximum Gasteiger partial charge on any atom is 0.270 e. The van der Waals surface area contributed by atoms with Crippen LogP contribution in [0.15, 0.2) is 42.1 Å². The molecular formula is C19H17N5O2S. The lowest BCUT2D eigenvalue weighted by Gasteiger charge is -2.19. The van der Waals surface area contributed by atoms with Crippen LogP contribution >= 0.6 is 11.3 Å². The van der Waals surface area contributed by atoms with Gasteiger partial charge < -0.3 is 15.7 Å². The van der Waals surface area contributed by atoms with Crippen molar-refractivity contribution in [3.63, 3.8) is 0 Å². The first kappa shape index (κ1) is 17.3. The quantitative estimate of drug-likeness (QED) is 0.658. The summed E-state index contributed by atoms with van der Waals surface area (Å²) >= 11 is 1.32. The Kier molecular flexibility index (Phi) is 3.98. The minimum atomic E-state index is -1.21. The molecule has 0 saturated carbocycles. The second-order valence-electron chi connectivity index (χ2n) is 6.41. The van der Waals surface area contributed by atoms with Crippen LogP contribution in [0.5, 0.6) is 0 Å². The van der Waals surface area contributed by atoms with Crippen molar-refractivity contribution in [1.29, 1.82) is 0 Å². The molecule has 1 atom stereocenters. The molecule has 2 aromatic heterocycles. The number of carbonyl (C=O) groups is 1. The van der Waals surface area contributed by atoms with Crippen LogP contribution < -0.4 is 5.73 Å². The summed E-state index contributed by atoms with van der Waals surface area (Å²) in [5.74, 6) is 5.36. The Labute approximate surface area is 159 Å². The van der Waals surface area contributed by atoms with Crippen molar-refractivity contribution in [3.05, 3.63) is 53.3 Å². The number of nitrogens with zero attached hydrogens (tertiary/aromatic N) is 4. The topological polar surface area (TPSA) is 97.3 Å². The molecule has 4 rings (SSSR count). The molecule has 3 aromatic rings. The molecule has 1 fully saturated rings. The zero-order chi connectivity index (χ0) is 19.2. The first-order valence-electron chi connectivity index (χ1n) is 8.27. The third-order valence-electron chi connectivity index (χ3n) is 4.65. The normalized spacial score (nSPS) is 19.3. The fourth-order valence-corrected chi connectivity index (χ4v) is 3.79. The Morgan fingerprint density at radius 1 is 1.48 bits per heavy atom. The monoisotopic (exact) mass is 379 g/mol. The molecule has 1 aromatic carbocycles. The number of hydrogen-bond donors (Lipinski definition) is 2. The van der Waals surface area contributed by atoms with E-state index in [2.05, 4.69) is 28.5 Å². The third-order valence-corrected chi connectivity index (χ3v) is 5.47. The van der Waals surface area contributed by atoms with Crippen LogP contribution in [0.25, 0.3) is 16.0 Å². The summed E-state index contributed by atoms with van der Waals surface area (Å²) in [5, 5.41) is 15.0. The highest BCUT2D eigenvalue weighted by atomic mass is 32.1. The number of benzene rings is 1. The fraction of sp³-hybridized carbons (Fsp3) is 0.211. The van der Waals surface area contributed by atoms with Crippen LogP contribution in [0.1, 0.15) is 22.5 Å². The van der Waals surface area contributed by atoms with Crippen LogP contribution in [0.3, 0.4) is 0 Å². The van der Waals surface area contributed by atoms with Gasteiger partial charge in [-0.2, -0.15) is 5.10 Å². The van der Waals surface area contributed by atoms with Crippen LogP contribution in [0.2, 0.25) is 0 Å². The number of amides is 1. The lowest BCUT2D eigenvalue weighted by atomic mass is 10.0. The summed E-state index contributed by atoms with van der Waals surface area (Å²) in [4.78, 5) is 17.8. The molecule has 0 radical (unpaired) electrons. The van der Waals surface area contributed by atoms with E-state index < -0.39 is 11.5 Å². The average Bonchev–Trinajstić information content (AvgIpc) is 3.32. The van der Waals surface area contributed by atoms with Crippen LogP contribution in [-0.2, 0) is 0 Å². The molecule has 0 bridgehead atoms. The summed E-state index contributed by atoms with van der Waals surface area (Å²) in [7, 11) is 1.88. The molecule has 0 aliphatic carbocycles. The molecule has 136 valence electrons. The molecule has 0 spiro atoms. The van der Waals surface area contributed by atoms with Gasteiger partial charge in [0.05, 0.1) is 16.9 Å². The number of aliphatic hydroxyl groups is 1. The van der Waals surface area contributed by atoms with E-state index in [1.165, 1.54) is 11.3 Å². The highest BCUT2D eigenvalue weighted by Gasteiger charge is 2.36. The summed E-state index contributed by atoms with van der Waals surface area (Å²) in [6.45, 7) is 4.64. The van der Waals surface area contributed by atoms with Gasteiger partial charge in [0.15, 0.2) is 16.9 Å². The van der Waals surface area contributed by atoms with E-state index in [1.54, 1.807) is 10.2 Å². The average molecular weight is 379 g/mol. The number of primary amides is 1. The van der Waals surface area contributed by atoms with E-state index >= 15 is 0 Å². The lowest BCUT2D eigenvalue weighted by Crippen LogP contribution is -2.26.